The maximum absolute atomic E-state index is 4.40. The predicted molar refractivity (Wildman–Crippen MR) is 81.0 cm³/mol. The van der Waals surface area contributed by atoms with Crippen molar-refractivity contribution >= 4 is 22.0 Å². The molecule has 0 saturated heterocycles. The molecule has 2 nitrogen and oxygen atoms in total. The van der Waals surface area contributed by atoms with Gasteiger partial charge in [0.1, 0.15) is 0 Å². The molecule has 100 valence electrons. The lowest BCUT2D eigenvalue weighted by Crippen LogP contribution is -2.10. The molecule has 3 heteroatoms. The molecule has 0 spiro atoms. The van der Waals surface area contributed by atoms with Crippen LogP contribution in [0.3, 0.4) is 0 Å². The molecule has 1 aliphatic rings. The fourth-order valence-corrected chi connectivity index (χ4v) is 3.28. The molecular formula is C15H23BrN2. The Labute approximate surface area is 119 Å². The first-order valence-corrected chi connectivity index (χ1v) is 8.13. The minimum Gasteiger partial charge on any atom is -0.270 e. The van der Waals surface area contributed by atoms with Crippen LogP contribution in [0.15, 0.2) is 18.0 Å². The standard InChI is InChI=1S/C15H23BrN2/c1-12(2)18-11-13(10-17-18)8-15(9-16)14-6-4-3-5-7-14/h8,10-12,14H,3-7,9H2,1-2H3/b15-8-. The van der Waals surface area contributed by atoms with Crippen molar-refractivity contribution < 1.29 is 0 Å². The van der Waals surface area contributed by atoms with E-state index in [1.54, 1.807) is 0 Å². The van der Waals surface area contributed by atoms with Crippen molar-refractivity contribution in [1.29, 1.82) is 0 Å². The summed E-state index contributed by atoms with van der Waals surface area (Å²) in [6.07, 6.45) is 13.4. The fourth-order valence-electron chi connectivity index (χ4n) is 2.66. The summed E-state index contributed by atoms with van der Waals surface area (Å²) in [5, 5.41) is 5.40. The van der Waals surface area contributed by atoms with Crippen molar-refractivity contribution in [3.63, 3.8) is 0 Å². The fraction of sp³-hybridized carbons (Fsp3) is 0.667. The van der Waals surface area contributed by atoms with E-state index in [9.17, 15) is 0 Å². The van der Waals surface area contributed by atoms with Gasteiger partial charge in [-0.15, -0.1) is 0 Å². The van der Waals surface area contributed by atoms with Gasteiger partial charge in [-0.05, 0) is 32.6 Å². The van der Waals surface area contributed by atoms with Crippen molar-refractivity contribution in [3.8, 4) is 0 Å². The Morgan fingerprint density at radius 2 is 2.17 bits per heavy atom. The Kier molecular flexibility index (Phi) is 5.04. The highest BCUT2D eigenvalue weighted by atomic mass is 79.9. The van der Waals surface area contributed by atoms with Gasteiger partial charge in [-0.25, -0.2) is 0 Å². The van der Waals surface area contributed by atoms with Crippen LogP contribution in [0.1, 0.15) is 57.6 Å². The SMILES string of the molecule is CC(C)n1cc(/C=C(/CBr)C2CCCCC2)cn1. The van der Waals surface area contributed by atoms with E-state index in [1.165, 1.54) is 43.2 Å². The normalized spacial score (nSPS) is 18.6. The first-order valence-electron chi connectivity index (χ1n) is 7.01. The maximum atomic E-state index is 4.40. The Balaban J connectivity index is 2.11. The van der Waals surface area contributed by atoms with Gasteiger partial charge < -0.3 is 0 Å². The molecule has 1 saturated carbocycles. The Bertz CT molecular complexity index is 400. The average Bonchev–Trinajstić information content (AvgIpc) is 2.86. The Morgan fingerprint density at radius 3 is 2.72 bits per heavy atom. The molecule has 0 atom stereocenters. The number of allylic oxidation sites excluding steroid dienone is 1. The van der Waals surface area contributed by atoms with Crippen molar-refractivity contribution in [2.24, 2.45) is 5.92 Å². The van der Waals surface area contributed by atoms with E-state index < -0.39 is 0 Å². The van der Waals surface area contributed by atoms with Crippen LogP contribution in [0.2, 0.25) is 0 Å². The molecule has 0 unspecified atom stereocenters. The average molecular weight is 311 g/mol. The number of hydrogen-bond acceptors (Lipinski definition) is 1. The summed E-state index contributed by atoms with van der Waals surface area (Å²) in [5.41, 5.74) is 2.78. The second-order valence-corrected chi connectivity index (χ2v) is 6.10. The maximum Gasteiger partial charge on any atom is 0.0562 e. The summed E-state index contributed by atoms with van der Waals surface area (Å²) in [6, 6.07) is 0.439. The van der Waals surface area contributed by atoms with E-state index in [0.717, 1.165) is 11.2 Å². The van der Waals surface area contributed by atoms with Crippen LogP contribution in [0, 0.1) is 5.92 Å². The molecule has 1 aromatic rings. The molecule has 0 bridgehead atoms. The molecule has 1 fully saturated rings. The summed E-state index contributed by atoms with van der Waals surface area (Å²) in [5.74, 6) is 0.778. The molecule has 0 aliphatic heterocycles. The second-order valence-electron chi connectivity index (χ2n) is 5.54. The molecule has 0 N–H and O–H groups in total. The van der Waals surface area contributed by atoms with Gasteiger partial charge in [-0.3, -0.25) is 4.68 Å². The first kappa shape index (κ1) is 13.9. The minimum atomic E-state index is 0.439. The summed E-state index contributed by atoms with van der Waals surface area (Å²) in [4.78, 5) is 0. The lowest BCUT2D eigenvalue weighted by atomic mass is 9.84. The number of aromatic nitrogens is 2. The molecule has 0 aromatic carbocycles. The molecule has 2 rings (SSSR count). The van der Waals surface area contributed by atoms with Crippen LogP contribution in [0.25, 0.3) is 6.08 Å². The van der Waals surface area contributed by atoms with Gasteiger partial charge in [0.15, 0.2) is 0 Å². The third kappa shape index (κ3) is 3.47. The van der Waals surface area contributed by atoms with Gasteiger partial charge in [0.25, 0.3) is 0 Å². The number of alkyl halides is 1. The van der Waals surface area contributed by atoms with E-state index in [2.05, 4.69) is 47.1 Å². The summed E-state index contributed by atoms with van der Waals surface area (Å²) in [7, 11) is 0. The smallest absolute Gasteiger partial charge is 0.0562 e. The Morgan fingerprint density at radius 1 is 1.44 bits per heavy atom. The molecule has 0 radical (unpaired) electrons. The van der Waals surface area contributed by atoms with Crippen LogP contribution in [-0.4, -0.2) is 15.1 Å². The quantitative estimate of drug-likeness (QED) is 0.729. The number of halogens is 1. The van der Waals surface area contributed by atoms with E-state index in [1.807, 2.05) is 10.9 Å². The van der Waals surface area contributed by atoms with E-state index in [4.69, 9.17) is 0 Å². The van der Waals surface area contributed by atoms with Crippen LogP contribution >= 0.6 is 15.9 Å². The minimum absolute atomic E-state index is 0.439. The lowest BCUT2D eigenvalue weighted by molar-refractivity contribution is 0.405. The number of hydrogen-bond donors (Lipinski definition) is 0. The van der Waals surface area contributed by atoms with E-state index >= 15 is 0 Å². The predicted octanol–water partition coefficient (Wildman–Crippen LogP) is 4.82. The van der Waals surface area contributed by atoms with Gasteiger partial charge in [0.05, 0.1) is 6.20 Å². The van der Waals surface area contributed by atoms with Gasteiger partial charge in [-0.2, -0.15) is 5.10 Å². The van der Waals surface area contributed by atoms with Crippen LogP contribution < -0.4 is 0 Å². The first-order chi connectivity index (χ1) is 8.70. The van der Waals surface area contributed by atoms with Crippen molar-refractivity contribution in [2.75, 3.05) is 5.33 Å². The molecule has 18 heavy (non-hydrogen) atoms. The Hall–Kier alpha value is -0.570. The summed E-state index contributed by atoms with van der Waals surface area (Å²) >= 11 is 3.65. The monoisotopic (exact) mass is 310 g/mol. The van der Waals surface area contributed by atoms with Crippen molar-refractivity contribution in [2.45, 2.75) is 52.0 Å². The van der Waals surface area contributed by atoms with Crippen LogP contribution in [0.4, 0.5) is 0 Å². The van der Waals surface area contributed by atoms with Crippen LogP contribution in [0.5, 0.6) is 0 Å². The lowest BCUT2D eigenvalue weighted by Gasteiger charge is -2.23. The number of rotatable bonds is 4. The zero-order valence-corrected chi connectivity index (χ0v) is 13.0. The van der Waals surface area contributed by atoms with E-state index in [0.29, 0.717) is 6.04 Å². The topological polar surface area (TPSA) is 17.8 Å². The molecule has 0 amide bonds. The highest BCUT2D eigenvalue weighted by molar-refractivity contribution is 9.09. The second kappa shape index (κ2) is 6.55. The molecular weight excluding hydrogens is 288 g/mol. The highest BCUT2D eigenvalue weighted by Gasteiger charge is 2.17. The third-order valence-corrected chi connectivity index (χ3v) is 4.43. The largest absolute Gasteiger partial charge is 0.270 e. The van der Waals surface area contributed by atoms with Crippen molar-refractivity contribution in [3.05, 3.63) is 23.5 Å². The van der Waals surface area contributed by atoms with Gasteiger partial charge in [0.2, 0.25) is 0 Å². The molecule has 1 aliphatic carbocycles. The van der Waals surface area contributed by atoms with Crippen molar-refractivity contribution in [1.82, 2.24) is 9.78 Å². The highest BCUT2D eigenvalue weighted by Crippen LogP contribution is 2.31. The number of nitrogens with zero attached hydrogens (tertiary/aromatic N) is 2. The van der Waals surface area contributed by atoms with Crippen LogP contribution in [-0.2, 0) is 0 Å². The van der Waals surface area contributed by atoms with E-state index in [-0.39, 0.29) is 0 Å². The van der Waals surface area contributed by atoms with Gasteiger partial charge >= 0.3 is 0 Å². The van der Waals surface area contributed by atoms with Gasteiger partial charge in [-0.1, -0.05) is 46.8 Å². The zero-order chi connectivity index (χ0) is 13.0. The third-order valence-electron chi connectivity index (χ3n) is 3.79. The summed E-state index contributed by atoms with van der Waals surface area (Å²) < 4.78 is 2.03. The summed E-state index contributed by atoms with van der Waals surface area (Å²) in [6.45, 7) is 4.32. The van der Waals surface area contributed by atoms with Gasteiger partial charge in [0, 0.05) is 23.1 Å². The molecule has 1 heterocycles. The zero-order valence-electron chi connectivity index (χ0n) is 11.4. The molecule has 1 aromatic heterocycles.